The number of hydrogen-bond donors (Lipinski definition) is 1. The number of fused-ring (bicyclic) bond motifs is 2. The smallest absolute Gasteiger partial charge is 0.251 e. The van der Waals surface area contributed by atoms with Gasteiger partial charge in [0.15, 0.2) is 11.5 Å². The molecule has 2 heterocycles. The number of methoxy groups -OCH3 is 1. The molecule has 7 nitrogen and oxygen atoms in total. The summed E-state index contributed by atoms with van der Waals surface area (Å²) in [5, 5.41) is 2.94. The van der Waals surface area contributed by atoms with Gasteiger partial charge in [-0.25, -0.2) is 4.98 Å². The average molecular weight is 401 g/mol. The van der Waals surface area contributed by atoms with Gasteiger partial charge in [0.1, 0.15) is 12.1 Å². The summed E-state index contributed by atoms with van der Waals surface area (Å²) in [6, 6.07) is 18.8. The third kappa shape index (κ3) is 3.20. The van der Waals surface area contributed by atoms with E-state index >= 15 is 0 Å². The first-order valence-corrected chi connectivity index (χ1v) is 9.50. The fourth-order valence-electron chi connectivity index (χ4n) is 3.51. The topological polar surface area (TPSA) is 74.6 Å². The third-order valence-corrected chi connectivity index (χ3v) is 5.04. The van der Waals surface area contributed by atoms with Crippen molar-refractivity contribution in [2.75, 3.05) is 13.9 Å². The number of nitrogens with one attached hydrogen (secondary N) is 1. The van der Waals surface area contributed by atoms with Crippen molar-refractivity contribution in [3.05, 3.63) is 78.1 Å². The summed E-state index contributed by atoms with van der Waals surface area (Å²) in [7, 11) is 1.64. The van der Waals surface area contributed by atoms with Crippen LogP contribution in [0, 0.1) is 0 Å². The molecule has 3 aromatic carbocycles. The van der Waals surface area contributed by atoms with Gasteiger partial charge in [-0.1, -0.05) is 18.2 Å². The predicted molar refractivity (Wildman–Crippen MR) is 111 cm³/mol. The molecule has 1 aromatic heterocycles. The van der Waals surface area contributed by atoms with E-state index in [1.54, 1.807) is 25.6 Å². The van der Waals surface area contributed by atoms with Gasteiger partial charge in [-0.3, -0.25) is 9.36 Å². The van der Waals surface area contributed by atoms with Crippen molar-refractivity contribution in [3.8, 4) is 22.9 Å². The predicted octanol–water partition coefficient (Wildman–Crippen LogP) is 3.69. The zero-order chi connectivity index (χ0) is 20.5. The fourth-order valence-corrected chi connectivity index (χ4v) is 3.51. The van der Waals surface area contributed by atoms with Crippen molar-refractivity contribution >= 4 is 16.9 Å². The molecule has 0 radical (unpaired) electrons. The molecule has 1 amide bonds. The highest BCUT2D eigenvalue weighted by Gasteiger charge is 2.15. The number of aromatic nitrogens is 2. The number of rotatable bonds is 5. The van der Waals surface area contributed by atoms with Crippen LogP contribution >= 0.6 is 0 Å². The fraction of sp³-hybridized carbons (Fsp3) is 0.130. The van der Waals surface area contributed by atoms with E-state index in [0.717, 1.165) is 33.8 Å². The second-order valence-corrected chi connectivity index (χ2v) is 6.86. The number of imidazole rings is 1. The Morgan fingerprint density at radius 2 is 1.97 bits per heavy atom. The van der Waals surface area contributed by atoms with E-state index in [1.807, 2.05) is 53.1 Å². The van der Waals surface area contributed by atoms with Crippen LogP contribution < -0.4 is 19.5 Å². The minimum absolute atomic E-state index is 0.165. The zero-order valence-electron chi connectivity index (χ0n) is 16.3. The van der Waals surface area contributed by atoms with Crippen LogP contribution in [0.3, 0.4) is 0 Å². The first-order chi connectivity index (χ1) is 14.7. The first-order valence-electron chi connectivity index (χ1n) is 9.50. The van der Waals surface area contributed by atoms with Gasteiger partial charge in [0.25, 0.3) is 5.91 Å². The Kier molecular flexibility index (Phi) is 4.48. The maximum atomic E-state index is 12.7. The SMILES string of the molecule is COc1ccccc1-n1cnc2cc(C(=O)NCc3ccc4c(c3)OCO4)ccc21. The van der Waals surface area contributed by atoms with Gasteiger partial charge in [-0.15, -0.1) is 0 Å². The monoisotopic (exact) mass is 401 g/mol. The molecule has 0 aliphatic carbocycles. The van der Waals surface area contributed by atoms with Crippen LogP contribution in [0.2, 0.25) is 0 Å². The number of hydrogen-bond acceptors (Lipinski definition) is 5. The van der Waals surface area contributed by atoms with Crippen LogP contribution in [0.15, 0.2) is 67.0 Å². The molecule has 0 saturated heterocycles. The quantitative estimate of drug-likeness (QED) is 0.552. The summed E-state index contributed by atoms with van der Waals surface area (Å²) >= 11 is 0. The van der Waals surface area contributed by atoms with Gasteiger partial charge in [-0.05, 0) is 48.0 Å². The molecule has 0 saturated carbocycles. The Balaban J connectivity index is 1.36. The Bertz CT molecular complexity index is 1250. The van der Waals surface area contributed by atoms with E-state index in [1.165, 1.54) is 0 Å². The molecule has 5 rings (SSSR count). The minimum Gasteiger partial charge on any atom is -0.495 e. The summed E-state index contributed by atoms with van der Waals surface area (Å²) in [4.78, 5) is 17.1. The van der Waals surface area contributed by atoms with Gasteiger partial charge in [0.2, 0.25) is 6.79 Å². The number of carbonyl (C=O) groups is 1. The molecule has 0 fully saturated rings. The molecule has 0 unspecified atom stereocenters. The van der Waals surface area contributed by atoms with E-state index in [-0.39, 0.29) is 12.7 Å². The summed E-state index contributed by atoms with van der Waals surface area (Å²) < 4.78 is 18.1. The Morgan fingerprint density at radius 1 is 1.10 bits per heavy atom. The van der Waals surface area contributed by atoms with Gasteiger partial charge >= 0.3 is 0 Å². The van der Waals surface area contributed by atoms with Gasteiger partial charge in [0.05, 0.1) is 23.8 Å². The highest BCUT2D eigenvalue weighted by Crippen LogP contribution is 2.32. The molecular weight excluding hydrogens is 382 g/mol. The van der Waals surface area contributed by atoms with Crippen molar-refractivity contribution in [1.29, 1.82) is 0 Å². The Hall–Kier alpha value is -4.00. The number of nitrogens with zero attached hydrogens (tertiary/aromatic N) is 2. The van der Waals surface area contributed by atoms with Crippen molar-refractivity contribution in [2.45, 2.75) is 6.54 Å². The highest BCUT2D eigenvalue weighted by molar-refractivity contribution is 5.97. The van der Waals surface area contributed by atoms with E-state index in [2.05, 4.69) is 10.3 Å². The molecule has 4 aromatic rings. The van der Waals surface area contributed by atoms with Crippen molar-refractivity contribution in [2.24, 2.45) is 0 Å². The summed E-state index contributed by atoms with van der Waals surface area (Å²) in [6.07, 6.45) is 1.73. The maximum Gasteiger partial charge on any atom is 0.251 e. The number of benzene rings is 3. The molecule has 0 atom stereocenters. The van der Waals surface area contributed by atoms with Crippen LogP contribution in [0.4, 0.5) is 0 Å². The lowest BCUT2D eigenvalue weighted by atomic mass is 10.1. The molecule has 1 aliphatic rings. The van der Waals surface area contributed by atoms with E-state index < -0.39 is 0 Å². The first kappa shape index (κ1) is 18.1. The normalized spacial score (nSPS) is 12.2. The second kappa shape index (κ2) is 7.44. The maximum absolute atomic E-state index is 12.7. The van der Waals surface area contributed by atoms with Gasteiger partial charge in [-0.2, -0.15) is 0 Å². The molecule has 1 N–H and O–H groups in total. The molecule has 0 bridgehead atoms. The molecule has 0 spiro atoms. The average Bonchev–Trinajstić information content (AvgIpc) is 3.43. The van der Waals surface area contributed by atoms with Crippen molar-refractivity contribution in [3.63, 3.8) is 0 Å². The number of carbonyl (C=O) groups excluding carboxylic acids is 1. The lowest BCUT2D eigenvalue weighted by molar-refractivity contribution is 0.0951. The number of amides is 1. The standard InChI is InChI=1S/C23H19N3O4/c1-28-20-5-3-2-4-19(20)26-13-25-17-11-16(7-8-18(17)26)23(27)24-12-15-6-9-21-22(10-15)30-14-29-21/h2-11,13H,12,14H2,1H3,(H,24,27). The zero-order valence-corrected chi connectivity index (χ0v) is 16.3. The lowest BCUT2D eigenvalue weighted by Gasteiger charge is -2.10. The Morgan fingerprint density at radius 3 is 2.87 bits per heavy atom. The van der Waals surface area contributed by atoms with Crippen molar-refractivity contribution in [1.82, 2.24) is 14.9 Å². The highest BCUT2D eigenvalue weighted by atomic mass is 16.7. The molecular formula is C23H19N3O4. The summed E-state index contributed by atoms with van der Waals surface area (Å²) in [6.45, 7) is 0.621. The largest absolute Gasteiger partial charge is 0.495 e. The van der Waals surface area contributed by atoms with E-state index in [0.29, 0.717) is 17.9 Å². The molecule has 150 valence electrons. The number of ether oxygens (including phenoxy) is 3. The van der Waals surface area contributed by atoms with Gasteiger partial charge < -0.3 is 19.5 Å². The molecule has 30 heavy (non-hydrogen) atoms. The van der Waals surface area contributed by atoms with E-state index in [4.69, 9.17) is 14.2 Å². The van der Waals surface area contributed by atoms with Crippen LogP contribution in [0.25, 0.3) is 16.7 Å². The summed E-state index contributed by atoms with van der Waals surface area (Å²) in [5.41, 5.74) is 4.01. The summed E-state index contributed by atoms with van der Waals surface area (Å²) in [5.74, 6) is 2.01. The molecule has 7 heteroatoms. The van der Waals surface area contributed by atoms with Crippen LogP contribution in [-0.4, -0.2) is 29.4 Å². The van der Waals surface area contributed by atoms with Gasteiger partial charge in [0, 0.05) is 12.1 Å². The van der Waals surface area contributed by atoms with E-state index in [9.17, 15) is 4.79 Å². The third-order valence-electron chi connectivity index (χ3n) is 5.04. The second-order valence-electron chi connectivity index (χ2n) is 6.86. The lowest BCUT2D eigenvalue weighted by Crippen LogP contribution is -2.22. The van der Waals surface area contributed by atoms with Crippen LogP contribution in [0.5, 0.6) is 17.2 Å². The van der Waals surface area contributed by atoms with Crippen molar-refractivity contribution < 1.29 is 19.0 Å². The number of para-hydroxylation sites is 2. The van der Waals surface area contributed by atoms with Crippen LogP contribution in [0.1, 0.15) is 15.9 Å². The van der Waals surface area contributed by atoms with Crippen LogP contribution in [-0.2, 0) is 6.54 Å². The Labute approximate surface area is 172 Å². The molecule has 1 aliphatic heterocycles. The minimum atomic E-state index is -0.165.